The van der Waals surface area contributed by atoms with Crippen molar-refractivity contribution in [2.45, 2.75) is 255 Å². The van der Waals surface area contributed by atoms with Crippen molar-refractivity contribution in [1.82, 2.24) is 93.6 Å². The van der Waals surface area contributed by atoms with Gasteiger partial charge in [0.05, 0.1) is 39.1 Å². The predicted molar refractivity (Wildman–Crippen MR) is 524 cm³/mol. The molecule has 2 aromatic carbocycles. The van der Waals surface area contributed by atoms with E-state index in [0.717, 1.165) is 4.90 Å². The number of likely N-dealkylation sites (tertiary alicyclic amines) is 2. The van der Waals surface area contributed by atoms with Crippen molar-refractivity contribution in [3.63, 3.8) is 0 Å². The summed E-state index contributed by atoms with van der Waals surface area (Å²) in [6, 6.07) is -8.90. The molecule has 825 valence electrons. The molecular formula is C94H148LuN25O27+. The van der Waals surface area contributed by atoms with Crippen LogP contribution in [0.2, 0.25) is 0 Å². The number of rotatable bonds is 58. The summed E-state index contributed by atoms with van der Waals surface area (Å²) < 4.78 is -0.957. The van der Waals surface area contributed by atoms with Gasteiger partial charge >= 0.3 is 35.8 Å². The maximum Gasteiger partial charge on any atom is 0.359 e. The summed E-state index contributed by atoms with van der Waals surface area (Å²) in [4.78, 5) is 288. The predicted octanol–water partition coefficient (Wildman–Crippen LogP) is -5.87. The molecule has 0 unspecified atom stereocenters. The molecule has 2 aromatic rings. The summed E-state index contributed by atoms with van der Waals surface area (Å²) in [6.45, 7) is 5.86. The first kappa shape index (κ1) is 125. The minimum absolute atomic E-state index is 0. The quantitative estimate of drug-likeness (QED) is 0.0127. The topological polar surface area (TPSA) is 807 Å². The summed E-state index contributed by atoms with van der Waals surface area (Å²) >= 11 is 0. The monoisotopic (exact) mass is 2240 g/mol. The van der Waals surface area contributed by atoms with Crippen LogP contribution in [0, 0.1) is 65.4 Å². The van der Waals surface area contributed by atoms with Crippen LogP contribution in [0.15, 0.2) is 48.5 Å². The first-order valence-electron chi connectivity index (χ1n) is 49.3. The fourth-order valence-electron chi connectivity index (χ4n) is 17.8. The maximum atomic E-state index is 15.7. The molecule has 4 aliphatic heterocycles. The number of nitrogens with zero attached hydrogens (tertiary/aromatic N) is 6. The normalized spacial score (nSPS) is 18.3. The molecule has 4 aliphatic rings. The van der Waals surface area contributed by atoms with Crippen molar-refractivity contribution in [2.75, 3.05) is 111 Å². The smallest absolute Gasteiger partial charge is 0.359 e. The van der Waals surface area contributed by atoms with E-state index in [0.29, 0.717) is 11.1 Å². The SMILES string of the molecule is CC[C@H](C)[C@H](NC(=O)[C@H](Cc1ccc(O)cc1)NC(=O)[C@@H]1CCCN1C(=O)[C@H](CCCNC(=N)N)NC(=O)[C@H](CCCNC(=N)N)NC(=O)[C@@H]1CCCN1C(=O)[C@H](CCCCN)NC(=O)[C@H](CC(N)=O)NC(=O)[C@H](CCC(=O)O)NC(=O)[C@H](Cc1ccc(O)cc1)NC(=O)[C@H](CC(C)C)NC(=O)[C@@H]1CCC(=O)N1)C(=O)N[C@@H](CC(C)C)C(=O)[N+]1(CC(=O)O)CCN(CC(=O)O)CCN(CC(=O)O)CCN(CC(=O)O)CC1.[177Lu]. The fourth-order valence-corrected chi connectivity index (χ4v) is 17.8. The molecule has 52 nitrogen and oxygen atoms in total. The van der Waals surface area contributed by atoms with Crippen molar-refractivity contribution in [3.8, 4) is 11.5 Å². The first-order valence-corrected chi connectivity index (χ1v) is 49.3. The van der Waals surface area contributed by atoms with E-state index in [1.54, 1.807) is 41.5 Å². The Morgan fingerprint density at radius 2 is 0.830 bits per heavy atom. The Kier molecular flexibility index (Phi) is 52.9. The van der Waals surface area contributed by atoms with Gasteiger partial charge < -0.3 is 138 Å². The molecule has 147 heavy (non-hydrogen) atoms. The van der Waals surface area contributed by atoms with Gasteiger partial charge in [0.25, 0.3) is 0 Å². The second-order valence-corrected chi connectivity index (χ2v) is 38.3. The average Bonchev–Trinajstić information content (AvgIpc) is 1.69. The number of unbranched alkanes of at least 4 members (excludes halogenated alkanes) is 1. The van der Waals surface area contributed by atoms with Crippen LogP contribution in [0.4, 0.5) is 0 Å². The van der Waals surface area contributed by atoms with E-state index in [1.165, 1.54) is 68.1 Å². The number of quaternary nitrogens is 1. The van der Waals surface area contributed by atoms with Crippen LogP contribution < -0.4 is 92.1 Å². The van der Waals surface area contributed by atoms with Crippen LogP contribution in [0.1, 0.15) is 175 Å². The number of aromatic hydroxyl groups is 2. The van der Waals surface area contributed by atoms with Crippen molar-refractivity contribution < 1.29 is 173 Å². The molecule has 0 spiro atoms. The standard InChI is InChI=1S/C94H147N25O27.Lu/c1-7-55(6)79(89(143)112-69(45-54(4)5)92(146)119(52-78(132)133)42-40-115(50-76(128)129)38-36-114(49-75(126)127)37-39-116(41-43-119)51-77(130)131)113-86(140)67(47-57-21-25-59(121)26-22-57)111-88(142)71-18-13-35-118(71)91(145)64(16-11-33-102-94(99)100)106-80(134)60(15-10-32-101-93(97)98)105-87(141)70-17-12-34-117(70)90(144)63(14-8-9-31-95)107-85(139)68(48-72(96)122)110-82(136)62(28-30-74(124)125)104-84(138)66(46-56-19-23-58(120)24-20-56)109-83(137)65(44-53(2)3)108-81(135)61-27-29-73(123)103-61;/h19-26,53-55,60-71,79H,7-18,27-52,95H2,1-6H3,(H27-,96,97,98,99,100,101,102,103,104,105,106,107,108,109,110,111,112,113,120,121,122,123,124,125,126,127,128,129,130,131,132,133,134,135,136,137,138,139,140,141,142,143);/p+1/t55-,60-,61-,62-,63-,64-,65-,66-,67-,68-,69-,70-,71-,79-;/m0./s1/i;1+2. The Hall–Kier alpha value is -12.8. The van der Waals surface area contributed by atoms with E-state index in [1.807, 2.05) is 0 Å². The molecule has 30 N–H and O–H groups in total. The van der Waals surface area contributed by atoms with Crippen LogP contribution in [0.5, 0.6) is 11.5 Å². The van der Waals surface area contributed by atoms with E-state index < -0.39 is 278 Å². The summed E-state index contributed by atoms with van der Waals surface area (Å²) in [5.41, 5.74) is 23.6. The van der Waals surface area contributed by atoms with Crippen LogP contribution in [-0.2, 0) is 109 Å². The van der Waals surface area contributed by atoms with Gasteiger partial charge in [-0.1, -0.05) is 72.2 Å². The number of carbonyl (C=O) groups excluding carboxylic acids is 15. The van der Waals surface area contributed by atoms with Crippen LogP contribution in [0.3, 0.4) is 0 Å². The summed E-state index contributed by atoms with van der Waals surface area (Å²) in [7, 11) is 0. The van der Waals surface area contributed by atoms with Crippen molar-refractivity contribution >= 4 is 130 Å². The molecule has 4 heterocycles. The van der Waals surface area contributed by atoms with Crippen molar-refractivity contribution in [1.29, 1.82) is 10.8 Å². The molecule has 14 atom stereocenters. The Labute approximate surface area is 880 Å². The molecule has 0 aliphatic carbocycles. The van der Waals surface area contributed by atoms with Gasteiger partial charge in [0.15, 0.2) is 18.5 Å². The number of hydrogen-bond acceptors (Lipinski definition) is 28. The summed E-state index contributed by atoms with van der Waals surface area (Å²) in [6.07, 6.45) is -2.77. The number of amides is 15. The first-order chi connectivity index (χ1) is 69.0. The van der Waals surface area contributed by atoms with Gasteiger partial charge in [-0.25, -0.2) is 14.1 Å². The van der Waals surface area contributed by atoms with Gasteiger partial charge in [-0.2, -0.15) is 0 Å². The number of nitrogens with one attached hydrogen (secondary N) is 15. The second kappa shape index (κ2) is 62.4. The average molecular weight is 2240 g/mol. The molecule has 4 fully saturated rings. The Balaban J connectivity index is 0.0000380. The van der Waals surface area contributed by atoms with Gasteiger partial charge in [0.1, 0.15) is 90.0 Å². The van der Waals surface area contributed by atoms with Gasteiger partial charge in [-0.15, -0.1) is 0 Å². The zero-order valence-corrected chi connectivity index (χ0v) is 85.4. The molecule has 15 amide bonds. The molecule has 0 bridgehead atoms. The number of carboxylic acids is 5. The Morgan fingerprint density at radius 3 is 1.26 bits per heavy atom. The molecule has 0 saturated carbocycles. The number of hydrogen-bond donors (Lipinski definition) is 26. The summed E-state index contributed by atoms with van der Waals surface area (Å²) in [5.74, 6) is -23.4. The number of nitrogens with two attached hydrogens (primary N) is 4. The zero-order valence-electron chi connectivity index (χ0n) is 83.8. The number of phenols is 2. The maximum absolute atomic E-state index is 15.7. The van der Waals surface area contributed by atoms with E-state index in [4.69, 9.17) is 33.8 Å². The molecule has 6 rings (SSSR count). The number of primary amides is 1. The molecular weight excluding hydrogens is 2090 g/mol. The minimum Gasteiger partial charge on any atom is -0.508 e. The van der Waals surface area contributed by atoms with E-state index >= 15 is 38.4 Å². The number of guanidine groups is 2. The van der Waals surface area contributed by atoms with E-state index in [-0.39, 0.29) is 248 Å². The van der Waals surface area contributed by atoms with Crippen LogP contribution in [-0.4, -0.2) is 385 Å². The van der Waals surface area contributed by atoms with Crippen molar-refractivity contribution in [3.05, 3.63) is 59.7 Å². The number of phenolic OH excluding ortho intramolecular Hbond substituents is 2. The number of benzene rings is 2. The van der Waals surface area contributed by atoms with Gasteiger partial charge in [0, 0.05) is 128 Å². The number of carboxylic acid groups (broad SMARTS) is 5. The Bertz CT molecular complexity index is 4860. The van der Waals surface area contributed by atoms with Crippen LogP contribution >= 0.6 is 0 Å². The van der Waals surface area contributed by atoms with Crippen molar-refractivity contribution in [2.24, 2.45) is 40.7 Å². The van der Waals surface area contributed by atoms with Gasteiger partial charge in [-0.05, 0) is 156 Å². The molecule has 4 saturated heterocycles. The van der Waals surface area contributed by atoms with E-state index in [9.17, 15) is 93.3 Å². The number of carbonyl (C=O) groups is 20. The zero-order chi connectivity index (χ0) is 108. The van der Waals surface area contributed by atoms with Gasteiger partial charge in [-0.3, -0.25) is 112 Å². The van der Waals surface area contributed by atoms with Gasteiger partial charge in [0.2, 0.25) is 82.7 Å². The summed E-state index contributed by atoms with van der Waals surface area (Å²) in [5, 5.41) is 121. The molecule has 1 radical (unpaired) electrons. The molecule has 0 aromatic heterocycles. The third-order valence-corrected chi connectivity index (χ3v) is 25.7. The largest absolute Gasteiger partial charge is 0.508 e. The number of aliphatic carboxylic acids is 5. The third-order valence-electron chi connectivity index (χ3n) is 25.7. The second-order valence-electron chi connectivity index (χ2n) is 38.3. The molecule has 53 heteroatoms. The fraction of sp³-hybridized carbons (Fsp3) is 0.638. The van der Waals surface area contributed by atoms with E-state index in [2.05, 4.69) is 69.1 Å². The minimum atomic E-state index is -1.97. The third kappa shape index (κ3) is 42.9. The van der Waals surface area contributed by atoms with Crippen LogP contribution in [0.25, 0.3) is 0 Å². The Morgan fingerprint density at radius 1 is 0.442 bits per heavy atom.